The van der Waals surface area contributed by atoms with Crippen molar-refractivity contribution in [3.8, 4) is 5.69 Å². The molecule has 0 unspecified atom stereocenters. The molecule has 1 aromatic heterocycles. The van der Waals surface area contributed by atoms with Gasteiger partial charge >= 0.3 is 17.8 Å². The van der Waals surface area contributed by atoms with E-state index in [1.54, 1.807) is 33.8 Å². The average molecular weight is 632 g/mol. The maximum absolute atomic E-state index is 13.6. The van der Waals surface area contributed by atoms with Gasteiger partial charge in [0.05, 0.1) is 42.5 Å². The van der Waals surface area contributed by atoms with Gasteiger partial charge in [0, 0.05) is 17.8 Å². The summed E-state index contributed by atoms with van der Waals surface area (Å²) in [5.41, 5.74) is -2.11. The van der Waals surface area contributed by atoms with Gasteiger partial charge in [0.25, 0.3) is 11.2 Å². The van der Waals surface area contributed by atoms with Gasteiger partial charge < -0.3 is 9.47 Å². The lowest BCUT2D eigenvalue weighted by molar-refractivity contribution is -0.385. The van der Waals surface area contributed by atoms with Crippen molar-refractivity contribution in [1.29, 1.82) is 0 Å². The number of esters is 1. The molecule has 0 atom stereocenters. The molecule has 2 aromatic carbocycles. The molecule has 0 radical (unpaired) electrons. The number of nitro groups is 1. The summed E-state index contributed by atoms with van der Waals surface area (Å²) in [4.78, 5) is 63.1. The number of anilines is 1. The summed E-state index contributed by atoms with van der Waals surface area (Å²) in [7, 11) is -3.75. The molecular weight excluding hydrogens is 598 g/mol. The van der Waals surface area contributed by atoms with Crippen LogP contribution in [0.1, 0.15) is 49.2 Å². The van der Waals surface area contributed by atoms with Gasteiger partial charge in [-0.05, 0) is 75.4 Å². The van der Waals surface area contributed by atoms with Crippen molar-refractivity contribution < 1.29 is 33.1 Å². The van der Waals surface area contributed by atoms with Crippen LogP contribution in [-0.4, -0.2) is 64.8 Å². The first-order valence-electron chi connectivity index (χ1n) is 13.5. The number of ether oxygens (including phenoxy) is 2. The van der Waals surface area contributed by atoms with Crippen molar-refractivity contribution in [1.82, 2.24) is 13.4 Å². The molecule has 2 heterocycles. The molecule has 1 amide bonds. The van der Waals surface area contributed by atoms with E-state index >= 15 is 0 Å². The van der Waals surface area contributed by atoms with Crippen molar-refractivity contribution in [3.63, 3.8) is 0 Å². The van der Waals surface area contributed by atoms with Crippen molar-refractivity contribution in [3.05, 3.63) is 96.3 Å². The quantitative estimate of drug-likeness (QED) is 0.217. The number of hydrogen-bond donors (Lipinski definition) is 2. The van der Waals surface area contributed by atoms with Gasteiger partial charge in [-0.3, -0.25) is 37.5 Å². The predicted molar refractivity (Wildman–Crippen MR) is 162 cm³/mol. The zero-order chi connectivity index (χ0) is 32.6. The SMILES string of the molecule is CCOC(=O)c1cn(-c2ccc(N3CCN(C(=O)OC(C)(C)C)S3(O)O)cc2)c(=O)n(Cc2cccc([N+](=O)[O-])c2C)c1=O. The standard InChI is InChI=1S/C28H33N5O10S/c1-6-42-25(35)22-17-29(26(36)30(24(22)34)16-19-8-7-9-23(18(19)2)33(38)39)20-10-12-21(13-11-20)31-14-15-32(44(31,40)41)27(37)43-28(3,4)5/h7-13,17,40-41H,6,14-16H2,1-5H3. The average Bonchev–Trinajstić information content (AvgIpc) is 3.25. The summed E-state index contributed by atoms with van der Waals surface area (Å²) in [6.45, 7) is 7.72. The van der Waals surface area contributed by atoms with E-state index in [9.17, 15) is 38.4 Å². The third kappa shape index (κ3) is 6.31. The highest BCUT2D eigenvalue weighted by molar-refractivity contribution is 8.24. The number of benzene rings is 2. The molecular formula is C28H33N5O10S. The highest BCUT2D eigenvalue weighted by Crippen LogP contribution is 2.53. The number of nitrogens with zero attached hydrogens (tertiary/aromatic N) is 5. The minimum Gasteiger partial charge on any atom is -0.462 e. The van der Waals surface area contributed by atoms with Crippen LogP contribution in [0.4, 0.5) is 16.2 Å². The molecule has 0 saturated carbocycles. The normalized spacial score (nSPS) is 15.2. The molecule has 1 saturated heterocycles. The van der Waals surface area contributed by atoms with Gasteiger partial charge in [0.15, 0.2) is 0 Å². The smallest absolute Gasteiger partial charge is 0.430 e. The second kappa shape index (κ2) is 12.1. The number of rotatable bonds is 7. The second-order valence-corrected chi connectivity index (χ2v) is 12.7. The Hall–Kier alpha value is -4.67. The summed E-state index contributed by atoms with van der Waals surface area (Å²) < 4.78 is 36.1. The van der Waals surface area contributed by atoms with Crippen molar-refractivity contribution >= 4 is 34.4 Å². The van der Waals surface area contributed by atoms with Crippen LogP contribution in [0.3, 0.4) is 0 Å². The largest absolute Gasteiger partial charge is 0.462 e. The van der Waals surface area contributed by atoms with E-state index in [-0.39, 0.29) is 43.2 Å². The van der Waals surface area contributed by atoms with Gasteiger partial charge in [0.2, 0.25) is 0 Å². The summed E-state index contributed by atoms with van der Waals surface area (Å²) in [6.07, 6.45) is 0.179. The molecule has 0 spiro atoms. The van der Waals surface area contributed by atoms with E-state index in [2.05, 4.69) is 0 Å². The zero-order valence-corrected chi connectivity index (χ0v) is 25.6. The number of hydrogen-bond acceptors (Lipinski definition) is 11. The fraction of sp³-hybridized carbons (Fsp3) is 0.357. The predicted octanol–water partition coefficient (Wildman–Crippen LogP) is 4.08. The third-order valence-electron chi connectivity index (χ3n) is 6.72. The van der Waals surface area contributed by atoms with E-state index < -0.39 is 50.4 Å². The van der Waals surface area contributed by atoms with Crippen LogP contribution in [0.2, 0.25) is 0 Å². The Morgan fingerprint density at radius 3 is 2.27 bits per heavy atom. The first kappa shape index (κ1) is 32.2. The minimum absolute atomic E-state index is 0.0105. The van der Waals surface area contributed by atoms with E-state index in [0.29, 0.717) is 11.3 Å². The van der Waals surface area contributed by atoms with Crippen LogP contribution in [-0.2, 0) is 16.0 Å². The lowest BCUT2D eigenvalue weighted by Gasteiger charge is -2.42. The molecule has 1 aliphatic heterocycles. The Balaban J connectivity index is 1.74. The van der Waals surface area contributed by atoms with Crippen LogP contribution in [0.25, 0.3) is 5.69 Å². The molecule has 0 aliphatic carbocycles. The van der Waals surface area contributed by atoms with Gasteiger partial charge in [-0.2, -0.15) is 4.31 Å². The molecule has 44 heavy (non-hydrogen) atoms. The number of aromatic nitrogens is 2. The third-order valence-corrected chi connectivity index (χ3v) is 8.63. The lowest BCUT2D eigenvalue weighted by Crippen LogP contribution is -2.42. The fourth-order valence-electron chi connectivity index (χ4n) is 4.58. The molecule has 4 rings (SSSR count). The highest BCUT2D eigenvalue weighted by Gasteiger charge is 2.42. The number of carbonyl (C=O) groups excluding carboxylic acids is 2. The van der Waals surface area contributed by atoms with Crippen LogP contribution >= 0.6 is 11.0 Å². The molecule has 3 aromatic rings. The topological polar surface area (TPSA) is 187 Å². The van der Waals surface area contributed by atoms with Crippen LogP contribution in [0, 0.1) is 17.0 Å². The molecule has 1 aliphatic rings. The van der Waals surface area contributed by atoms with Crippen molar-refractivity contribution in [2.24, 2.45) is 0 Å². The molecule has 15 nitrogen and oxygen atoms in total. The minimum atomic E-state index is -3.75. The van der Waals surface area contributed by atoms with Crippen LogP contribution < -0.4 is 15.6 Å². The highest BCUT2D eigenvalue weighted by atomic mass is 32.3. The van der Waals surface area contributed by atoms with Gasteiger partial charge in [-0.15, -0.1) is 0 Å². The Morgan fingerprint density at radius 1 is 1.05 bits per heavy atom. The first-order chi connectivity index (χ1) is 20.6. The van der Waals surface area contributed by atoms with Crippen molar-refractivity contribution in [2.45, 2.75) is 46.8 Å². The summed E-state index contributed by atoms with van der Waals surface area (Å²) in [5, 5.41) is 11.4. The number of carbonyl (C=O) groups is 2. The van der Waals surface area contributed by atoms with Crippen LogP contribution in [0.15, 0.2) is 58.3 Å². The molecule has 1 fully saturated rings. The molecule has 236 valence electrons. The van der Waals surface area contributed by atoms with Crippen LogP contribution in [0.5, 0.6) is 0 Å². The lowest BCUT2D eigenvalue weighted by atomic mass is 10.1. The summed E-state index contributed by atoms with van der Waals surface area (Å²) in [5.74, 6) is -0.958. The first-order valence-corrected chi connectivity index (χ1v) is 15.0. The van der Waals surface area contributed by atoms with Gasteiger partial charge in [-0.25, -0.2) is 14.4 Å². The van der Waals surface area contributed by atoms with E-state index in [0.717, 1.165) is 19.6 Å². The zero-order valence-electron chi connectivity index (χ0n) is 24.8. The van der Waals surface area contributed by atoms with Gasteiger partial charge in [0.1, 0.15) is 11.2 Å². The van der Waals surface area contributed by atoms with Gasteiger partial charge in [-0.1, -0.05) is 12.1 Å². The Labute approximate surface area is 253 Å². The molecule has 2 N–H and O–H groups in total. The molecule has 0 bridgehead atoms. The maximum Gasteiger partial charge on any atom is 0.430 e. The maximum atomic E-state index is 13.6. The molecule has 16 heteroatoms. The summed E-state index contributed by atoms with van der Waals surface area (Å²) >= 11 is 0. The summed E-state index contributed by atoms with van der Waals surface area (Å²) in [6, 6.07) is 10.2. The number of amides is 1. The Bertz CT molecular complexity index is 1730. The monoisotopic (exact) mass is 631 g/mol. The van der Waals surface area contributed by atoms with Crippen molar-refractivity contribution in [2.75, 3.05) is 24.0 Å². The Morgan fingerprint density at radius 2 is 1.68 bits per heavy atom. The number of nitro benzene ring substituents is 1. The van der Waals surface area contributed by atoms with E-state index in [1.165, 1.54) is 47.6 Å². The Kier molecular flexibility index (Phi) is 8.90. The second-order valence-electron chi connectivity index (χ2n) is 10.8. The fourth-order valence-corrected chi connectivity index (χ4v) is 6.12. The van der Waals surface area contributed by atoms with E-state index in [4.69, 9.17) is 9.47 Å². The van der Waals surface area contributed by atoms with E-state index in [1.807, 2.05) is 0 Å².